The molecule has 15 heavy (non-hydrogen) atoms. The van der Waals surface area contributed by atoms with Crippen molar-refractivity contribution in [2.45, 2.75) is 6.42 Å². The molecule has 0 saturated heterocycles. The zero-order valence-electron chi connectivity index (χ0n) is 8.00. The largest absolute Gasteiger partial charge is 0.330 e. The highest BCUT2D eigenvalue weighted by molar-refractivity contribution is 6.31. The van der Waals surface area contributed by atoms with Crippen molar-refractivity contribution < 1.29 is 4.39 Å². The number of rotatable bonds is 2. The van der Waals surface area contributed by atoms with Crippen LogP contribution < -0.4 is 5.73 Å². The molecule has 0 radical (unpaired) electrons. The second-order valence-corrected chi connectivity index (χ2v) is 3.71. The summed E-state index contributed by atoms with van der Waals surface area (Å²) >= 11 is 5.68. The summed E-state index contributed by atoms with van der Waals surface area (Å²) in [6.45, 7) is 0.549. The Hall–Kier alpha value is -1.19. The average Bonchev–Trinajstić information content (AvgIpc) is 2.21. The molecule has 0 aliphatic carbocycles. The molecular weight excluding hydrogens is 215 g/mol. The summed E-state index contributed by atoms with van der Waals surface area (Å²) < 4.78 is 13.1. The Balaban J connectivity index is 2.56. The molecule has 2 N–H and O–H groups in total. The monoisotopic (exact) mass is 224 g/mol. The van der Waals surface area contributed by atoms with E-state index in [1.54, 1.807) is 0 Å². The third-order valence-electron chi connectivity index (χ3n) is 2.19. The van der Waals surface area contributed by atoms with Crippen molar-refractivity contribution in [3.05, 3.63) is 40.8 Å². The molecule has 0 aliphatic rings. The topological polar surface area (TPSA) is 38.9 Å². The molecule has 2 rings (SSSR count). The Labute approximate surface area is 91.9 Å². The average molecular weight is 225 g/mol. The molecule has 0 aliphatic heterocycles. The fraction of sp³-hybridized carbons (Fsp3) is 0.182. The first kappa shape index (κ1) is 10.3. The molecule has 0 bridgehead atoms. The van der Waals surface area contributed by atoms with Crippen molar-refractivity contribution in [2.24, 2.45) is 5.73 Å². The Morgan fingerprint density at radius 3 is 2.87 bits per heavy atom. The molecule has 0 saturated carbocycles. The first-order chi connectivity index (χ1) is 7.20. The zero-order valence-corrected chi connectivity index (χ0v) is 8.76. The highest BCUT2D eigenvalue weighted by Gasteiger charge is 2.04. The van der Waals surface area contributed by atoms with Crippen LogP contribution in [0.25, 0.3) is 10.9 Å². The molecule has 2 nitrogen and oxygen atoms in total. The van der Waals surface area contributed by atoms with Gasteiger partial charge in [0.05, 0.1) is 10.5 Å². The minimum absolute atomic E-state index is 0.0971. The molecule has 2 aromatic rings. The van der Waals surface area contributed by atoms with Gasteiger partial charge >= 0.3 is 0 Å². The van der Waals surface area contributed by atoms with E-state index in [1.807, 2.05) is 12.1 Å². The maximum atomic E-state index is 13.1. The normalized spacial score (nSPS) is 10.9. The smallest absolute Gasteiger partial charge is 0.142 e. The van der Waals surface area contributed by atoms with Crippen molar-refractivity contribution in [1.29, 1.82) is 0 Å². The van der Waals surface area contributed by atoms with E-state index in [2.05, 4.69) is 4.98 Å². The number of halogens is 2. The van der Waals surface area contributed by atoms with E-state index in [4.69, 9.17) is 17.3 Å². The standard InChI is InChI=1S/C11H10ClFN2/c12-9-6-11-7(5-10(9)13)1-2-8(15-11)3-4-14/h1-2,5-6H,3-4,14H2. The number of aromatic nitrogens is 1. The van der Waals surface area contributed by atoms with Gasteiger partial charge in [-0.05, 0) is 24.7 Å². The van der Waals surface area contributed by atoms with Gasteiger partial charge in [0.25, 0.3) is 0 Å². The molecule has 4 heteroatoms. The third-order valence-corrected chi connectivity index (χ3v) is 2.48. The Morgan fingerprint density at radius 1 is 1.33 bits per heavy atom. The number of hydrogen-bond acceptors (Lipinski definition) is 2. The molecule has 0 spiro atoms. The molecule has 1 aromatic carbocycles. The summed E-state index contributed by atoms with van der Waals surface area (Å²) in [5.74, 6) is -0.419. The van der Waals surface area contributed by atoms with E-state index >= 15 is 0 Å². The predicted molar refractivity (Wildman–Crippen MR) is 59.5 cm³/mol. The van der Waals surface area contributed by atoms with E-state index in [0.717, 1.165) is 11.1 Å². The number of pyridine rings is 1. The summed E-state index contributed by atoms with van der Waals surface area (Å²) in [5, 5.41) is 0.845. The van der Waals surface area contributed by atoms with E-state index in [1.165, 1.54) is 12.1 Å². The van der Waals surface area contributed by atoms with Crippen LogP contribution in [0.1, 0.15) is 5.69 Å². The Kier molecular flexibility index (Phi) is 2.84. The van der Waals surface area contributed by atoms with Crippen LogP contribution in [0.2, 0.25) is 5.02 Å². The van der Waals surface area contributed by atoms with Gasteiger partial charge in [-0.2, -0.15) is 0 Å². The van der Waals surface area contributed by atoms with Crippen LogP contribution in [0.5, 0.6) is 0 Å². The lowest BCUT2D eigenvalue weighted by atomic mass is 10.2. The first-order valence-corrected chi connectivity index (χ1v) is 5.03. The minimum atomic E-state index is -0.419. The van der Waals surface area contributed by atoms with Gasteiger partial charge in [0.1, 0.15) is 5.82 Å². The maximum Gasteiger partial charge on any atom is 0.142 e. The van der Waals surface area contributed by atoms with Crippen LogP contribution in [-0.4, -0.2) is 11.5 Å². The van der Waals surface area contributed by atoms with Gasteiger partial charge in [0, 0.05) is 17.5 Å². The number of fused-ring (bicyclic) bond motifs is 1. The van der Waals surface area contributed by atoms with Gasteiger partial charge in [0.2, 0.25) is 0 Å². The van der Waals surface area contributed by atoms with Crippen molar-refractivity contribution in [2.75, 3.05) is 6.54 Å². The molecule has 1 aromatic heterocycles. The lowest BCUT2D eigenvalue weighted by Crippen LogP contribution is -2.04. The molecular formula is C11H10ClFN2. The Morgan fingerprint density at radius 2 is 2.13 bits per heavy atom. The van der Waals surface area contributed by atoms with Crippen LogP contribution in [0, 0.1) is 5.82 Å². The SMILES string of the molecule is NCCc1ccc2cc(F)c(Cl)cc2n1. The fourth-order valence-corrected chi connectivity index (χ4v) is 1.61. The highest BCUT2D eigenvalue weighted by Crippen LogP contribution is 2.21. The number of nitrogens with zero attached hydrogens (tertiary/aromatic N) is 1. The summed E-state index contributed by atoms with van der Waals surface area (Å²) in [4.78, 5) is 4.34. The second kappa shape index (κ2) is 4.13. The molecule has 0 amide bonds. The van der Waals surface area contributed by atoms with Gasteiger partial charge < -0.3 is 5.73 Å². The van der Waals surface area contributed by atoms with Gasteiger partial charge in [0.15, 0.2) is 0 Å². The van der Waals surface area contributed by atoms with Crippen molar-refractivity contribution in [1.82, 2.24) is 4.98 Å². The van der Waals surface area contributed by atoms with E-state index < -0.39 is 5.82 Å². The highest BCUT2D eigenvalue weighted by atomic mass is 35.5. The molecule has 0 fully saturated rings. The van der Waals surface area contributed by atoms with Gasteiger partial charge in [-0.15, -0.1) is 0 Å². The molecule has 78 valence electrons. The minimum Gasteiger partial charge on any atom is -0.330 e. The number of benzene rings is 1. The summed E-state index contributed by atoms with van der Waals surface area (Å²) in [6.07, 6.45) is 0.713. The molecule has 0 atom stereocenters. The van der Waals surface area contributed by atoms with Gasteiger partial charge in [-0.25, -0.2) is 4.39 Å². The zero-order chi connectivity index (χ0) is 10.8. The van der Waals surface area contributed by atoms with Crippen LogP contribution in [0.3, 0.4) is 0 Å². The van der Waals surface area contributed by atoms with E-state index in [9.17, 15) is 4.39 Å². The van der Waals surface area contributed by atoms with Crippen LogP contribution in [0.15, 0.2) is 24.3 Å². The summed E-state index contributed by atoms with van der Waals surface area (Å²) in [7, 11) is 0. The quantitative estimate of drug-likeness (QED) is 0.852. The third kappa shape index (κ3) is 2.08. The van der Waals surface area contributed by atoms with Crippen LogP contribution >= 0.6 is 11.6 Å². The van der Waals surface area contributed by atoms with Crippen molar-refractivity contribution in [3.8, 4) is 0 Å². The predicted octanol–water partition coefficient (Wildman–Crippen LogP) is 2.53. The summed E-state index contributed by atoms with van der Waals surface area (Å²) in [5.41, 5.74) is 7.03. The van der Waals surface area contributed by atoms with Gasteiger partial charge in [-0.3, -0.25) is 4.98 Å². The van der Waals surface area contributed by atoms with E-state index in [0.29, 0.717) is 18.5 Å². The Bertz CT molecular complexity index is 499. The lowest BCUT2D eigenvalue weighted by Gasteiger charge is -2.02. The molecule has 0 unspecified atom stereocenters. The molecule has 1 heterocycles. The van der Waals surface area contributed by atoms with Crippen molar-refractivity contribution >= 4 is 22.5 Å². The van der Waals surface area contributed by atoms with Crippen LogP contribution in [0.4, 0.5) is 4.39 Å². The van der Waals surface area contributed by atoms with E-state index in [-0.39, 0.29) is 5.02 Å². The first-order valence-electron chi connectivity index (χ1n) is 4.65. The lowest BCUT2D eigenvalue weighted by molar-refractivity contribution is 0.630. The van der Waals surface area contributed by atoms with Gasteiger partial charge in [-0.1, -0.05) is 17.7 Å². The summed E-state index contributed by atoms with van der Waals surface area (Å²) in [6, 6.07) is 6.60. The fourth-order valence-electron chi connectivity index (χ4n) is 1.45. The second-order valence-electron chi connectivity index (χ2n) is 3.30. The van der Waals surface area contributed by atoms with Crippen LogP contribution in [-0.2, 0) is 6.42 Å². The maximum absolute atomic E-state index is 13.1. The number of nitrogens with two attached hydrogens (primary N) is 1. The van der Waals surface area contributed by atoms with Crippen molar-refractivity contribution in [3.63, 3.8) is 0 Å². The number of hydrogen-bond donors (Lipinski definition) is 1.